The van der Waals surface area contributed by atoms with Crippen LogP contribution in [0.25, 0.3) is 33.0 Å². The van der Waals surface area contributed by atoms with Crippen LogP contribution in [-0.4, -0.2) is 47.5 Å². The average Bonchev–Trinajstić information content (AvgIpc) is 3.52. The molecule has 4 aromatic rings. The van der Waals surface area contributed by atoms with Gasteiger partial charge in [-0.15, -0.1) is 12.4 Å². The topological polar surface area (TPSA) is 76.7 Å². The number of fused-ring (bicyclic) bond motifs is 2. The maximum atomic E-state index is 13.1. The number of ether oxygens (including phenoxy) is 1. The number of carbonyl (C=O) groups is 2. The van der Waals surface area contributed by atoms with E-state index in [4.69, 9.17) is 9.15 Å². The van der Waals surface area contributed by atoms with Gasteiger partial charge in [0.05, 0.1) is 17.4 Å². The molecule has 0 atom stereocenters. The fourth-order valence-electron chi connectivity index (χ4n) is 4.67. The Bertz CT molecular complexity index is 1450. The van der Waals surface area contributed by atoms with Crippen molar-refractivity contribution in [3.8, 4) is 5.75 Å². The molecule has 5 rings (SSSR count). The molecule has 2 amide bonds. The number of furan rings is 1. The number of nitrogens with one attached hydrogen (secondary N) is 1. The molecular formula is C27H28ClN3O4. The van der Waals surface area contributed by atoms with Crippen LogP contribution in [0, 0.1) is 0 Å². The standard InChI is InChI=1S/C27H27N3O4.ClH/c1-4-30(5-2)11-13-33-18-14-17-10-12-34-25(17)20(15-18)23-24(27(32)28-26(23)31)21-16-29(3)22-9-7-6-8-19(21)22;/h6-10,12,14-16H,4-5,11,13H2,1-3H3,(H,28,31,32);1H. The van der Waals surface area contributed by atoms with Crippen LogP contribution in [0.2, 0.25) is 0 Å². The summed E-state index contributed by atoms with van der Waals surface area (Å²) in [6.07, 6.45) is 3.47. The molecule has 0 unspecified atom stereocenters. The third kappa shape index (κ3) is 4.33. The van der Waals surface area contributed by atoms with Crippen LogP contribution in [0.4, 0.5) is 0 Å². The Balaban J connectivity index is 0.00000289. The Morgan fingerprint density at radius 3 is 2.46 bits per heavy atom. The van der Waals surface area contributed by atoms with E-state index in [2.05, 4.69) is 24.1 Å². The summed E-state index contributed by atoms with van der Waals surface area (Å²) in [6.45, 7) is 7.47. The highest BCUT2D eigenvalue weighted by Gasteiger charge is 2.35. The second kappa shape index (κ2) is 9.98. The van der Waals surface area contributed by atoms with Crippen LogP contribution < -0.4 is 10.1 Å². The minimum atomic E-state index is -0.439. The zero-order chi connectivity index (χ0) is 23.8. The second-order valence-electron chi connectivity index (χ2n) is 8.39. The van der Waals surface area contributed by atoms with Gasteiger partial charge in [-0.05, 0) is 37.4 Å². The summed E-state index contributed by atoms with van der Waals surface area (Å²) in [7, 11) is 1.93. The smallest absolute Gasteiger partial charge is 0.259 e. The molecule has 7 nitrogen and oxygen atoms in total. The number of para-hydroxylation sites is 1. The lowest BCUT2D eigenvalue weighted by Crippen LogP contribution is -2.27. The van der Waals surface area contributed by atoms with Crippen molar-refractivity contribution in [1.29, 1.82) is 0 Å². The number of rotatable bonds is 8. The number of likely N-dealkylation sites (N-methyl/N-ethyl adjacent to an activating group) is 1. The van der Waals surface area contributed by atoms with Gasteiger partial charge in [0, 0.05) is 47.2 Å². The molecule has 2 aromatic carbocycles. The first kappa shape index (κ1) is 24.6. The zero-order valence-corrected chi connectivity index (χ0v) is 20.8. The number of amides is 2. The van der Waals surface area contributed by atoms with Crippen molar-refractivity contribution in [3.63, 3.8) is 0 Å². The molecule has 0 saturated heterocycles. The van der Waals surface area contributed by atoms with E-state index in [0.717, 1.165) is 35.9 Å². The van der Waals surface area contributed by atoms with Crippen LogP contribution in [0.3, 0.4) is 0 Å². The summed E-state index contributed by atoms with van der Waals surface area (Å²) in [6, 6.07) is 13.4. The predicted molar refractivity (Wildman–Crippen MR) is 140 cm³/mol. The van der Waals surface area contributed by atoms with Crippen molar-refractivity contribution in [1.82, 2.24) is 14.8 Å². The average molecular weight is 494 g/mol. The van der Waals surface area contributed by atoms with Gasteiger partial charge in [0.15, 0.2) is 0 Å². The monoisotopic (exact) mass is 493 g/mol. The summed E-state index contributed by atoms with van der Waals surface area (Å²) in [5.41, 5.74) is 3.44. The van der Waals surface area contributed by atoms with Gasteiger partial charge in [-0.1, -0.05) is 32.0 Å². The first-order valence-electron chi connectivity index (χ1n) is 11.5. The molecule has 3 heterocycles. The van der Waals surface area contributed by atoms with E-state index in [-0.39, 0.29) is 12.4 Å². The van der Waals surface area contributed by atoms with E-state index in [0.29, 0.717) is 40.2 Å². The Kier molecular flexibility index (Phi) is 7.00. The molecule has 0 aliphatic carbocycles. The molecular weight excluding hydrogens is 466 g/mol. The number of carbonyl (C=O) groups excluding carboxylic acids is 2. The van der Waals surface area contributed by atoms with Gasteiger partial charge in [0.1, 0.15) is 17.9 Å². The maximum Gasteiger partial charge on any atom is 0.259 e. The van der Waals surface area contributed by atoms with Crippen molar-refractivity contribution in [3.05, 3.63) is 66.1 Å². The summed E-state index contributed by atoms with van der Waals surface area (Å²) >= 11 is 0. The van der Waals surface area contributed by atoms with Gasteiger partial charge in [0.2, 0.25) is 0 Å². The molecule has 0 bridgehead atoms. The normalized spacial score (nSPS) is 13.7. The molecule has 0 saturated carbocycles. The van der Waals surface area contributed by atoms with Gasteiger partial charge >= 0.3 is 0 Å². The molecule has 2 aromatic heterocycles. The third-order valence-corrected chi connectivity index (χ3v) is 6.46. The van der Waals surface area contributed by atoms with E-state index >= 15 is 0 Å². The first-order valence-corrected chi connectivity index (χ1v) is 11.5. The molecule has 8 heteroatoms. The Morgan fingerprint density at radius 1 is 1.00 bits per heavy atom. The summed E-state index contributed by atoms with van der Waals surface area (Å²) in [5, 5.41) is 4.21. The molecule has 0 spiro atoms. The van der Waals surface area contributed by atoms with E-state index in [1.165, 1.54) is 0 Å². The highest BCUT2D eigenvalue weighted by molar-refractivity contribution is 6.50. The summed E-state index contributed by atoms with van der Waals surface area (Å²) in [4.78, 5) is 28.4. The van der Waals surface area contributed by atoms with Crippen molar-refractivity contribution in [2.24, 2.45) is 7.05 Å². The minimum Gasteiger partial charge on any atom is -0.492 e. The molecule has 182 valence electrons. The fraction of sp³-hybridized carbons (Fsp3) is 0.259. The quantitative estimate of drug-likeness (QED) is 0.362. The number of imide groups is 1. The number of hydrogen-bond donors (Lipinski definition) is 1. The third-order valence-electron chi connectivity index (χ3n) is 6.46. The minimum absolute atomic E-state index is 0. The highest BCUT2D eigenvalue weighted by atomic mass is 35.5. The number of aromatic nitrogens is 1. The van der Waals surface area contributed by atoms with Crippen molar-refractivity contribution in [2.75, 3.05) is 26.2 Å². The summed E-state index contributed by atoms with van der Waals surface area (Å²) < 4.78 is 13.8. The van der Waals surface area contributed by atoms with Crippen molar-refractivity contribution in [2.45, 2.75) is 13.8 Å². The Labute approximate surface area is 209 Å². The lowest BCUT2D eigenvalue weighted by atomic mass is 9.95. The van der Waals surface area contributed by atoms with E-state index in [9.17, 15) is 9.59 Å². The van der Waals surface area contributed by atoms with Gasteiger partial charge in [-0.2, -0.15) is 0 Å². The van der Waals surface area contributed by atoms with E-state index < -0.39 is 11.8 Å². The van der Waals surface area contributed by atoms with Crippen LogP contribution in [0.1, 0.15) is 25.0 Å². The fourth-order valence-corrected chi connectivity index (χ4v) is 4.67. The van der Waals surface area contributed by atoms with E-state index in [1.807, 2.05) is 54.2 Å². The van der Waals surface area contributed by atoms with Crippen LogP contribution in [0.5, 0.6) is 5.75 Å². The van der Waals surface area contributed by atoms with Gasteiger partial charge in [0.25, 0.3) is 11.8 Å². The largest absolute Gasteiger partial charge is 0.492 e. The SMILES string of the molecule is CCN(CC)CCOc1cc(C2=C(c3cn(C)c4ccccc34)C(=O)NC2=O)c2occc2c1.Cl. The Morgan fingerprint density at radius 2 is 1.71 bits per heavy atom. The molecule has 35 heavy (non-hydrogen) atoms. The predicted octanol–water partition coefficient (Wildman–Crippen LogP) is 4.63. The molecule has 0 fully saturated rings. The van der Waals surface area contributed by atoms with Gasteiger partial charge in [-0.25, -0.2) is 0 Å². The zero-order valence-electron chi connectivity index (χ0n) is 20.0. The lowest BCUT2D eigenvalue weighted by molar-refractivity contribution is -0.122. The number of halogens is 1. The molecule has 1 aliphatic rings. The first-order chi connectivity index (χ1) is 16.5. The number of aryl methyl sites for hydroxylation is 1. The number of benzene rings is 2. The number of nitrogens with zero attached hydrogens (tertiary/aromatic N) is 2. The van der Waals surface area contributed by atoms with E-state index in [1.54, 1.807) is 12.3 Å². The van der Waals surface area contributed by atoms with Crippen LogP contribution in [0.15, 0.2) is 59.3 Å². The number of hydrogen-bond acceptors (Lipinski definition) is 5. The Hall–Kier alpha value is -3.55. The van der Waals surface area contributed by atoms with Crippen LogP contribution >= 0.6 is 12.4 Å². The van der Waals surface area contributed by atoms with Crippen molar-refractivity contribution < 1.29 is 18.7 Å². The van der Waals surface area contributed by atoms with Crippen molar-refractivity contribution >= 4 is 57.2 Å². The molecule has 1 aliphatic heterocycles. The van der Waals surface area contributed by atoms with Gasteiger partial charge in [-0.3, -0.25) is 14.9 Å². The maximum absolute atomic E-state index is 13.1. The van der Waals surface area contributed by atoms with Crippen LogP contribution in [-0.2, 0) is 16.6 Å². The lowest BCUT2D eigenvalue weighted by Gasteiger charge is -2.18. The molecule has 0 radical (unpaired) electrons. The second-order valence-corrected chi connectivity index (χ2v) is 8.39. The molecule has 1 N–H and O–H groups in total. The highest BCUT2D eigenvalue weighted by Crippen LogP contribution is 2.39. The van der Waals surface area contributed by atoms with Gasteiger partial charge < -0.3 is 18.6 Å². The summed E-state index contributed by atoms with van der Waals surface area (Å²) in [5.74, 6) is -0.220.